The average Bonchev–Trinajstić information content (AvgIpc) is 3.37. The second-order valence-electron chi connectivity index (χ2n) is 7.33. The van der Waals surface area contributed by atoms with Gasteiger partial charge in [-0.1, -0.05) is 18.2 Å². The number of nitrogens with one attached hydrogen (secondary N) is 1. The van der Waals surface area contributed by atoms with Crippen molar-refractivity contribution >= 4 is 22.2 Å². The van der Waals surface area contributed by atoms with E-state index in [0.717, 1.165) is 22.3 Å². The maximum Gasteiger partial charge on any atom is 0.328 e. The summed E-state index contributed by atoms with van der Waals surface area (Å²) in [5, 5.41) is 9.24. The number of fused-ring (bicyclic) bond motifs is 3. The van der Waals surface area contributed by atoms with E-state index in [9.17, 15) is 10.1 Å². The molecule has 0 saturated carbocycles. The van der Waals surface area contributed by atoms with Crippen LogP contribution in [0.25, 0.3) is 28.1 Å². The molecule has 0 unspecified atom stereocenters. The topological polar surface area (TPSA) is 114 Å². The monoisotopic (exact) mass is 409 g/mol. The van der Waals surface area contributed by atoms with Crippen LogP contribution in [0.5, 0.6) is 5.75 Å². The Labute approximate surface area is 175 Å². The van der Waals surface area contributed by atoms with E-state index < -0.39 is 0 Å². The summed E-state index contributed by atoms with van der Waals surface area (Å²) in [4.78, 5) is 29.3. The van der Waals surface area contributed by atoms with Crippen LogP contribution in [-0.2, 0) is 0 Å². The molecule has 1 N–H and O–H groups in total. The van der Waals surface area contributed by atoms with Gasteiger partial charge in [-0.05, 0) is 24.3 Å². The number of benzene rings is 2. The average molecular weight is 409 g/mol. The first kappa shape index (κ1) is 17.4. The standard InChI is InChI=1S/C22H15N7O2/c23-10-13-5-6-15-18(9-13)28(12-25-15)21-24-11-16-20(27-21)29(22(30)26-16)17-7-8-31-19-4-2-1-3-14(17)19/h1-6,9,11-12,17H,7-8H2,(H,26,30)/t17-/m1/s1. The zero-order valence-corrected chi connectivity index (χ0v) is 16.2. The van der Waals surface area contributed by atoms with E-state index in [2.05, 4.69) is 21.0 Å². The Morgan fingerprint density at radius 1 is 1.19 bits per heavy atom. The van der Waals surface area contributed by atoms with Crippen LogP contribution in [0.15, 0.2) is 59.8 Å². The van der Waals surface area contributed by atoms with Gasteiger partial charge in [0, 0.05) is 12.0 Å². The van der Waals surface area contributed by atoms with Gasteiger partial charge in [0.1, 0.15) is 17.6 Å². The molecule has 0 aliphatic carbocycles. The Morgan fingerprint density at radius 3 is 3.00 bits per heavy atom. The van der Waals surface area contributed by atoms with E-state index >= 15 is 0 Å². The smallest absolute Gasteiger partial charge is 0.328 e. The summed E-state index contributed by atoms with van der Waals surface area (Å²) < 4.78 is 9.15. The summed E-state index contributed by atoms with van der Waals surface area (Å²) in [5.74, 6) is 1.15. The molecule has 1 aliphatic heterocycles. The first-order valence-electron chi connectivity index (χ1n) is 9.79. The van der Waals surface area contributed by atoms with Crippen LogP contribution in [0, 0.1) is 11.3 Å². The minimum atomic E-state index is -0.245. The van der Waals surface area contributed by atoms with Crippen molar-refractivity contribution in [3.63, 3.8) is 0 Å². The van der Waals surface area contributed by atoms with Crippen LogP contribution < -0.4 is 10.4 Å². The predicted octanol–water partition coefficient (Wildman–Crippen LogP) is 2.70. The highest BCUT2D eigenvalue weighted by Crippen LogP contribution is 2.34. The zero-order valence-electron chi connectivity index (χ0n) is 16.2. The van der Waals surface area contributed by atoms with E-state index in [1.54, 1.807) is 39.9 Å². The lowest BCUT2D eigenvalue weighted by atomic mass is 10.0. The van der Waals surface area contributed by atoms with Crippen molar-refractivity contribution in [2.45, 2.75) is 12.5 Å². The Balaban J connectivity index is 1.56. The van der Waals surface area contributed by atoms with Gasteiger partial charge in [0.25, 0.3) is 0 Å². The summed E-state index contributed by atoms with van der Waals surface area (Å²) >= 11 is 0. The Bertz CT molecular complexity index is 1570. The van der Waals surface area contributed by atoms with Gasteiger partial charge in [0.15, 0.2) is 5.65 Å². The second kappa shape index (κ2) is 6.53. The summed E-state index contributed by atoms with van der Waals surface area (Å²) in [5.41, 5.74) is 3.74. The van der Waals surface area contributed by atoms with Gasteiger partial charge in [-0.25, -0.2) is 14.8 Å². The summed E-state index contributed by atoms with van der Waals surface area (Å²) in [6, 6.07) is 14.9. The molecule has 0 bridgehead atoms. The fraction of sp³-hybridized carbons (Fsp3) is 0.136. The number of ether oxygens (including phenoxy) is 1. The molecule has 4 heterocycles. The minimum absolute atomic E-state index is 0.196. The van der Waals surface area contributed by atoms with Crippen LogP contribution in [0.4, 0.5) is 0 Å². The maximum absolute atomic E-state index is 12.9. The van der Waals surface area contributed by atoms with Gasteiger partial charge < -0.3 is 9.72 Å². The lowest BCUT2D eigenvalue weighted by Gasteiger charge is -2.26. The molecule has 6 rings (SSSR count). The fourth-order valence-corrected chi connectivity index (χ4v) is 4.14. The number of hydrogen-bond donors (Lipinski definition) is 1. The molecule has 1 aliphatic rings. The molecule has 1 atom stereocenters. The number of aromatic amines is 1. The number of rotatable bonds is 2. The van der Waals surface area contributed by atoms with Crippen LogP contribution in [-0.4, -0.2) is 35.7 Å². The quantitative estimate of drug-likeness (QED) is 0.479. The van der Waals surface area contributed by atoms with E-state index in [1.165, 1.54) is 0 Å². The molecular formula is C22H15N7O2. The van der Waals surface area contributed by atoms with Crippen LogP contribution in [0.1, 0.15) is 23.6 Å². The van der Waals surface area contributed by atoms with Crippen molar-refractivity contribution < 1.29 is 4.74 Å². The molecule has 0 spiro atoms. The van der Waals surface area contributed by atoms with Crippen LogP contribution in [0.2, 0.25) is 0 Å². The van der Waals surface area contributed by atoms with Crippen molar-refractivity contribution in [1.82, 2.24) is 29.1 Å². The molecule has 9 heteroatoms. The fourth-order valence-electron chi connectivity index (χ4n) is 4.14. The van der Waals surface area contributed by atoms with E-state index in [0.29, 0.717) is 35.7 Å². The van der Waals surface area contributed by atoms with Crippen molar-refractivity contribution in [3.05, 3.63) is 76.6 Å². The normalized spacial score (nSPS) is 15.5. The van der Waals surface area contributed by atoms with Crippen molar-refractivity contribution in [3.8, 4) is 17.8 Å². The number of H-pyrrole nitrogens is 1. The second-order valence-corrected chi connectivity index (χ2v) is 7.33. The number of para-hydroxylation sites is 1. The number of aromatic nitrogens is 6. The Morgan fingerprint density at radius 2 is 2.10 bits per heavy atom. The third-order valence-corrected chi connectivity index (χ3v) is 5.57. The summed E-state index contributed by atoms with van der Waals surface area (Å²) in [6.07, 6.45) is 3.87. The molecule has 3 aromatic heterocycles. The number of imidazole rings is 2. The minimum Gasteiger partial charge on any atom is -0.493 e. The van der Waals surface area contributed by atoms with Crippen LogP contribution >= 0.6 is 0 Å². The Hall–Kier alpha value is -4.45. The third-order valence-electron chi connectivity index (χ3n) is 5.57. The highest BCUT2D eigenvalue weighted by molar-refractivity contribution is 5.79. The molecule has 0 saturated heterocycles. The predicted molar refractivity (Wildman–Crippen MR) is 112 cm³/mol. The van der Waals surface area contributed by atoms with Crippen molar-refractivity contribution in [2.75, 3.05) is 6.61 Å². The van der Waals surface area contributed by atoms with Gasteiger partial charge in [0.05, 0.1) is 41.5 Å². The van der Waals surface area contributed by atoms with Crippen molar-refractivity contribution in [1.29, 1.82) is 5.26 Å². The molecule has 5 aromatic rings. The highest BCUT2D eigenvalue weighted by Gasteiger charge is 2.26. The van der Waals surface area contributed by atoms with Gasteiger partial charge >= 0.3 is 5.69 Å². The molecule has 0 radical (unpaired) electrons. The van der Waals surface area contributed by atoms with Gasteiger partial charge in [-0.2, -0.15) is 10.2 Å². The van der Waals surface area contributed by atoms with E-state index in [-0.39, 0.29) is 11.7 Å². The van der Waals surface area contributed by atoms with Crippen molar-refractivity contribution in [2.24, 2.45) is 0 Å². The van der Waals surface area contributed by atoms with E-state index in [4.69, 9.17) is 9.72 Å². The molecule has 0 amide bonds. The maximum atomic E-state index is 12.9. The van der Waals surface area contributed by atoms with Gasteiger partial charge in [-0.3, -0.25) is 9.13 Å². The number of hydrogen-bond acceptors (Lipinski definition) is 6. The molecule has 0 fully saturated rings. The van der Waals surface area contributed by atoms with Gasteiger partial charge in [-0.15, -0.1) is 0 Å². The zero-order chi connectivity index (χ0) is 20.9. The summed E-state index contributed by atoms with van der Waals surface area (Å²) in [6.45, 7) is 0.516. The molecule has 31 heavy (non-hydrogen) atoms. The first-order chi connectivity index (χ1) is 15.2. The number of nitriles is 1. The highest BCUT2D eigenvalue weighted by atomic mass is 16.5. The first-order valence-corrected chi connectivity index (χ1v) is 9.79. The SMILES string of the molecule is N#Cc1ccc2ncn(-c3ncc4[nH]c(=O)n([C@@H]5CCOc6ccccc65)c4n3)c2c1. The third kappa shape index (κ3) is 2.62. The Kier molecular flexibility index (Phi) is 3.67. The van der Waals surface area contributed by atoms with Crippen LogP contribution in [0.3, 0.4) is 0 Å². The lowest BCUT2D eigenvalue weighted by molar-refractivity contribution is 0.256. The summed E-state index contributed by atoms with van der Waals surface area (Å²) in [7, 11) is 0. The largest absolute Gasteiger partial charge is 0.493 e. The lowest BCUT2D eigenvalue weighted by Crippen LogP contribution is -2.28. The molecular weight excluding hydrogens is 394 g/mol. The molecule has 2 aromatic carbocycles. The molecule has 150 valence electrons. The van der Waals surface area contributed by atoms with E-state index in [1.807, 2.05) is 24.3 Å². The van der Waals surface area contributed by atoms with Gasteiger partial charge in [0.2, 0.25) is 5.95 Å². The molecule has 9 nitrogen and oxygen atoms in total. The number of nitrogens with zero attached hydrogens (tertiary/aromatic N) is 6.